The molecule has 0 spiro atoms. The molecule has 0 atom stereocenters. The fraction of sp³-hybridized carbons (Fsp3) is 0.571. The van der Waals surface area contributed by atoms with Gasteiger partial charge in [0, 0.05) is 17.3 Å². The number of anilines is 1. The number of hydrogen-bond donors (Lipinski definition) is 2. The van der Waals surface area contributed by atoms with Gasteiger partial charge >= 0.3 is 0 Å². The molecule has 17 heavy (non-hydrogen) atoms. The molecule has 2 N–H and O–H groups in total. The van der Waals surface area contributed by atoms with Gasteiger partial charge in [0.05, 0.1) is 5.60 Å². The van der Waals surface area contributed by atoms with Crippen LogP contribution in [0.1, 0.15) is 38.5 Å². The highest BCUT2D eigenvalue weighted by Gasteiger charge is 2.27. The standard InChI is InChI=1S/C14H20ClNO/c15-12-6-5-7-13(10-12)16-11-14(17)8-3-1-2-4-9-14/h5-7,10,16-17H,1-4,8-9,11H2. The zero-order chi connectivity index (χ0) is 12.1. The predicted molar refractivity (Wildman–Crippen MR) is 72.6 cm³/mol. The van der Waals surface area contributed by atoms with Crippen LogP contribution in [-0.2, 0) is 0 Å². The molecule has 3 heteroatoms. The summed E-state index contributed by atoms with van der Waals surface area (Å²) in [5.41, 5.74) is 0.439. The molecule has 1 saturated carbocycles. The number of aliphatic hydroxyl groups is 1. The molecule has 1 fully saturated rings. The second-order valence-electron chi connectivity index (χ2n) is 5.00. The Morgan fingerprint density at radius 1 is 1.18 bits per heavy atom. The first kappa shape index (κ1) is 12.7. The Morgan fingerprint density at radius 2 is 1.88 bits per heavy atom. The van der Waals surface area contributed by atoms with Crippen LogP contribution in [0.15, 0.2) is 24.3 Å². The van der Waals surface area contributed by atoms with E-state index in [1.54, 1.807) is 0 Å². The van der Waals surface area contributed by atoms with E-state index in [2.05, 4.69) is 5.32 Å². The molecule has 0 unspecified atom stereocenters. The van der Waals surface area contributed by atoms with Gasteiger partial charge in [0.15, 0.2) is 0 Å². The van der Waals surface area contributed by atoms with Crippen molar-refractivity contribution in [3.63, 3.8) is 0 Å². The molecule has 1 aromatic carbocycles. The van der Waals surface area contributed by atoms with Crippen molar-refractivity contribution in [1.82, 2.24) is 0 Å². The van der Waals surface area contributed by atoms with Crippen molar-refractivity contribution in [3.05, 3.63) is 29.3 Å². The van der Waals surface area contributed by atoms with Gasteiger partial charge in [0.2, 0.25) is 0 Å². The molecule has 1 aliphatic carbocycles. The monoisotopic (exact) mass is 253 g/mol. The van der Waals surface area contributed by atoms with Crippen molar-refractivity contribution in [2.75, 3.05) is 11.9 Å². The van der Waals surface area contributed by atoms with Gasteiger partial charge in [-0.05, 0) is 31.0 Å². The summed E-state index contributed by atoms with van der Waals surface area (Å²) in [7, 11) is 0. The van der Waals surface area contributed by atoms with E-state index in [9.17, 15) is 5.11 Å². The first-order valence-electron chi connectivity index (χ1n) is 6.40. The summed E-state index contributed by atoms with van der Waals surface area (Å²) in [4.78, 5) is 0. The van der Waals surface area contributed by atoms with Gasteiger partial charge in [0.1, 0.15) is 0 Å². The summed E-state index contributed by atoms with van der Waals surface area (Å²) >= 11 is 5.92. The van der Waals surface area contributed by atoms with Crippen LogP contribution >= 0.6 is 11.6 Å². The molecule has 2 nitrogen and oxygen atoms in total. The molecule has 0 aromatic heterocycles. The van der Waals surface area contributed by atoms with E-state index in [1.807, 2.05) is 24.3 Å². The fourth-order valence-electron chi connectivity index (χ4n) is 2.43. The van der Waals surface area contributed by atoms with E-state index in [4.69, 9.17) is 11.6 Å². The van der Waals surface area contributed by atoms with Crippen LogP contribution in [-0.4, -0.2) is 17.3 Å². The Bertz CT molecular complexity index is 359. The van der Waals surface area contributed by atoms with Crippen molar-refractivity contribution >= 4 is 17.3 Å². The third kappa shape index (κ3) is 3.90. The zero-order valence-corrected chi connectivity index (χ0v) is 10.8. The first-order valence-corrected chi connectivity index (χ1v) is 6.78. The summed E-state index contributed by atoms with van der Waals surface area (Å²) < 4.78 is 0. The number of halogens is 1. The number of rotatable bonds is 3. The van der Waals surface area contributed by atoms with E-state index < -0.39 is 5.60 Å². The Labute approximate surface area is 108 Å². The molecule has 0 saturated heterocycles. The maximum Gasteiger partial charge on any atom is 0.0819 e. The van der Waals surface area contributed by atoms with Crippen molar-refractivity contribution in [2.45, 2.75) is 44.1 Å². The lowest BCUT2D eigenvalue weighted by Gasteiger charge is -2.27. The molecular formula is C14H20ClNO. The SMILES string of the molecule is OC1(CNc2cccc(Cl)c2)CCCCCC1. The van der Waals surface area contributed by atoms with Crippen LogP contribution in [0, 0.1) is 0 Å². The minimum absolute atomic E-state index is 0.543. The molecule has 0 bridgehead atoms. The Kier molecular flexibility index (Phi) is 4.30. The third-order valence-electron chi connectivity index (χ3n) is 3.48. The predicted octanol–water partition coefficient (Wildman–Crippen LogP) is 3.84. The molecule has 94 valence electrons. The molecule has 2 rings (SSSR count). The first-order chi connectivity index (χ1) is 8.18. The molecule has 0 heterocycles. The van der Waals surface area contributed by atoms with Crippen molar-refractivity contribution in [2.24, 2.45) is 0 Å². The average molecular weight is 254 g/mol. The molecule has 0 amide bonds. The van der Waals surface area contributed by atoms with Crippen LogP contribution < -0.4 is 5.32 Å². The summed E-state index contributed by atoms with van der Waals surface area (Å²) in [6.45, 7) is 0.618. The van der Waals surface area contributed by atoms with Gasteiger partial charge in [-0.3, -0.25) is 0 Å². The van der Waals surface area contributed by atoms with Gasteiger partial charge in [0.25, 0.3) is 0 Å². The summed E-state index contributed by atoms with van der Waals surface area (Å²) in [5, 5.41) is 14.5. The third-order valence-corrected chi connectivity index (χ3v) is 3.72. The largest absolute Gasteiger partial charge is 0.388 e. The van der Waals surface area contributed by atoms with Crippen LogP contribution in [0.25, 0.3) is 0 Å². The van der Waals surface area contributed by atoms with Crippen LogP contribution in [0.2, 0.25) is 5.02 Å². The lowest BCUT2D eigenvalue weighted by atomic mass is 9.94. The second kappa shape index (κ2) is 5.74. The maximum absolute atomic E-state index is 10.5. The van der Waals surface area contributed by atoms with Gasteiger partial charge in [-0.15, -0.1) is 0 Å². The summed E-state index contributed by atoms with van der Waals surface area (Å²) in [6, 6.07) is 7.64. The summed E-state index contributed by atoms with van der Waals surface area (Å²) in [5.74, 6) is 0. The zero-order valence-electron chi connectivity index (χ0n) is 10.1. The van der Waals surface area contributed by atoms with Gasteiger partial charge in [-0.25, -0.2) is 0 Å². The Hall–Kier alpha value is -0.730. The minimum atomic E-state index is -0.543. The highest BCUT2D eigenvalue weighted by molar-refractivity contribution is 6.30. The molecule has 0 aliphatic heterocycles. The summed E-state index contributed by atoms with van der Waals surface area (Å²) in [6.07, 6.45) is 6.57. The lowest BCUT2D eigenvalue weighted by molar-refractivity contribution is 0.0381. The van der Waals surface area contributed by atoms with Gasteiger partial charge in [-0.2, -0.15) is 0 Å². The normalized spacial score (nSPS) is 19.6. The van der Waals surface area contributed by atoms with Crippen molar-refractivity contribution in [3.8, 4) is 0 Å². The van der Waals surface area contributed by atoms with Gasteiger partial charge in [-0.1, -0.05) is 43.4 Å². The molecule has 1 aliphatic rings. The van der Waals surface area contributed by atoms with Crippen molar-refractivity contribution in [1.29, 1.82) is 0 Å². The highest BCUT2D eigenvalue weighted by Crippen LogP contribution is 2.27. The molecule has 1 aromatic rings. The number of benzene rings is 1. The minimum Gasteiger partial charge on any atom is -0.388 e. The Balaban J connectivity index is 1.92. The van der Waals surface area contributed by atoms with E-state index in [-0.39, 0.29) is 0 Å². The van der Waals surface area contributed by atoms with E-state index >= 15 is 0 Å². The fourth-order valence-corrected chi connectivity index (χ4v) is 2.62. The molecular weight excluding hydrogens is 234 g/mol. The average Bonchev–Trinajstić information content (AvgIpc) is 2.53. The molecule has 0 radical (unpaired) electrons. The lowest BCUT2D eigenvalue weighted by Crippen LogP contribution is -2.36. The highest BCUT2D eigenvalue weighted by atomic mass is 35.5. The van der Waals surface area contributed by atoms with E-state index in [0.29, 0.717) is 6.54 Å². The van der Waals surface area contributed by atoms with Gasteiger partial charge < -0.3 is 10.4 Å². The van der Waals surface area contributed by atoms with Crippen LogP contribution in [0.3, 0.4) is 0 Å². The van der Waals surface area contributed by atoms with Crippen molar-refractivity contribution < 1.29 is 5.11 Å². The van der Waals surface area contributed by atoms with E-state index in [1.165, 1.54) is 12.8 Å². The second-order valence-corrected chi connectivity index (χ2v) is 5.44. The number of nitrogens with one attached hydrogen (secondary N) is 1. The van der Waals surface area contributed by atoms with Crippen LogP contribution in [0.4, 0.5) is 5.69 Å². The topological polar surface area (TPSA) is 32.3 Å². The quantitative estimate of drug-likeness (QED) is 0.803. The van der Waals surface area contributed by atoms with E-state index in [0.717, 1.165) is 36.4 Å². The number of hydrogen-bond acceptors (Lipinski definition) is 2. The Morgan fingerprint density at radius 3 is 2.53 bits per heavy atom. The smallest absolute Gasteiger partial charge is 0.0819 e. The maximum atomic E-state index is 10.5. The van der Waals surface area contributed by atoms with Crippen LogP contribution in [0.5, 0.6) is 0 Å².